The fourth-order valence-corrected chi connectivity index (χ4v) is 2.85. The molecule has 2 unspecified atom stereocenters. The standard InChI is InChI=1S/C17H16N2O4/c1-17(2)16(22)15(19-9-11(20)4-6-14(19)21)12-7-10(8-18)3-5-13(12)23-17/h3-7,9,15-16,20,22H,1-2H3. The summed E-state index contributed by atoms with van der Waals surface area (Å²) in [7, 11) is 0. The molecule has 2 heterocycles. The van der Waals surface area contributed by atoms with E-state index < -0.39 is 17.7 Å². The van der Waals surface area contributed by atoms with E-state index in [-0.39, 0.29) is 11.3 Å². The molecule has 0 amide bonds. The molecule has 1 aliphatic heterocycles. The van der Waals surface area contributed by atoms with E-state index in [9.17, 15) is 15.0 Å². The van der Waals surface area contributed by atoms with Crippen molar-refractivity contribution in [3.63, 3.8) is 0 Å². The van der Waals surface area contributed by atoms with E-state index in [0.29, 0.717) is 16.9 Å². The Morgan fingerprint density at radius 3 is 2.74 bits per heavy atom. The average Bonchev–Trinajstić information content (AvgIpc) is 2.51. The first kappa shape index (κ1) is 15.1. The van der Waals surface area contributed by atoms with Gasteiger partial charge in [0, 0.05) is 17.8 Å². The van der Waals surface area contributed by atoms with Crippen molar-refractivity contribution in [1.29, 1.82) is 5.26 Å². The van der Waals surface area contributed by atoms with Gasteiger partial charge in [0.05, 0.1) is 17.7 Å². The molecule has 2 N–H and O–H groups in total. The Kier molecular flexibility index (Phi) is 3.38. The lowest BCUT2D eigenvalue weighted by Crippen LogP contribution is -2.52. The summed E-state index contributed by atoms with van der Waals surface area (Å²) in [6.45, 7) is 3.44. The summed E-state index contributed by atoms with van der Waals surface area (Å²) in [5.74, 6) is 0.415. The summed E-state index contributed by atoms with van der Waals surface area (Å²) in [4.78, 5) is 12.2. The molecule has 118 valence electrons. The first-order valence-electron chi connectivity index (χ1n) is 7.16. The molecule has 0 aliphatic carbocycles. The Hall–Kier alpha value is -2.78. The predicted octanol–water partition coefficient (Wildman–Crippen LogP) is 1.55. The summed E-state index contributed by atoms with van der Waals surface area (Å²) in [6, 6.07) is 8.67. The molecule has 2 atom stereocenters. The highest BCUT2D eigenvalue weighted by Gasteiger charge is 2.44. The van der Waals surface area contributed by atoms with Crippen molar-refractivity contribution in [2.75, 3.05) is 0 Å². The van der Waals surface area contributed by atoms with Crippen LogP contribution >= 0.6 is 0 Å². The van der Waals surface area contributed by atoms with Crippen LogP contribution in [0.25, 0.3) is 0 Å². The summed E-state index contributed by atoms with van der Waals surface area (Å²) in [5.41, 5.74) is -0.365. The third-order valence-electron chi connectivity index (χ3n) is 4.06. The Bertz CT molecular complexity index is 864. The van der Waals surface area contributed by atoms with E-state index in [2.05, 4.69) is 0 Å². The summed E-state index contributed by atoms with van der Waals surface area (Å²) >= 11 is 0. The third-order valence-corrected chi connectivity index (χ3v) is 4.06. The number of rotatable bonds is 1. The molecule has 3 rings (SSSR count). The third kappa shape index (κ3) is 2.45. The molecule has 2 aromatic rings. The van der Waals surface area contributed by atoms with E-state index >= 15 is 0 Å². The monoisotopic (exact) mass is 312 g/mol. The molecule has 0 radical (unpaired) electrons. The highest BCUT2D eigenvalue weighted by molar-refractivity contribution is 5.47. The minimum atomic E-state index is -1.04. The van der Waals surface area contributed by atoms with Crippen LogP contribution in [-0.4, -0.2) is 26.5 Å². The number of benzene rings is 1. The number of nitriles is 1. The van der Waals surface area contributed by atoms with E-state index in [0.717, 1.165) is 0 Å². The number of aromatic nitrogens is 1. The van der Waals surface area contributed by atoms with Gasteiger partial charge < -0.3 is 19.5 Å². The minimum Gasteiger partial charge on any atom is -0.506 e. The largest absolute Gasteiger partial charge is 0.506 e. The van der Waals surface area contributed by atoms with Crippen molar-refractivity contribution < 1.29 is 14.9 Å². The zero-order valence-corrected chi connectivity index (χ0v) is 12.7. The van der Waals surface area contributed by atoms with Gasteiger partial charge in [-0.2, -0.15) is 5.26 Å². The van der Waals surface area contributed by atoms with Gasteiger partial charge in [0.1, 0.15) is 23.2 Å². The molecular formula is C17H16N2O4. The molecular weight excluding hydrogens is 296 g/mol. The van der Waals surface area contributed by atoms with Crippen LogP contribution in [0.2, 0.25) is 0 Å². The second-order valence-corrected chi connectivity index (χ2v) is 6.09. The van der Waals surface area contributed by atoms with Crippen LogP contribution in [-0.2, 0) is 0 Å². The summed E-state index contributed by atoms with van der Waals surface area (Å²) < 4.78 is 7.08. The van der Waals surface area contributed by atoms with E-state index in [4.69, 9.17) is 10.00 Å². The van der Waals surface area contributed by atoms with Crippen LogP contribution in [0.15, 0.2) is 41.3 Å². The maximum atomic E-state index is 12.2. The smallest absolute Gasteiger partial charge is 0.251 e. The van der Waals surface area contributed by atoms with Gasteiger partial charge in [-0.25, -0.2) is 0 Å². The van der Waals surface area contributed by atoms with Crippen molar-refractivity contribution >= 4 is 0 Å². The number of ether oxygens (including phenoxy) is 1. The van der Waals surface area contributed by atoms with Crippen LogP contribution in [0, 0.1) is 11.3 Å². The maximum Gasteiger partial charge on any atom is 0.251 e. The second kappa shape index (κ2) is 5.14. The molecule has 0 saturated carbocycles. The number of hydrogen-bond donors (Lipinski definition) is 2. The quantitative estimate of drug-likeness (QED) is 0.833. The van der Waals surface area contributed by atoms with Crippen molar-refractivity contribution in [3.8, 4) is 17.6 Å². The lowest BCUT2D eigenvalue weighted by atomic mass is 9.85. The fourth-order valence-electron chi connectivity index (χ4n) is 2.85. The first-order chi connectivity index (χ1) is 10.8. The van der Waals surface area contributed by atoms with Crippen molar-refractivity contribution in [3.05, 3.63) is 58.0 Å². The van der Waals surface area contributed by atoms with Crippen LogP contribution in [0.3, 0.4) is 0 Å². The molecule has 6 heteroatoms. The van der Waals surface area contributed by atoms with Gasteiger partial charge in [-0.15, -0.1) is 0 Å². The average molecular weight is 312 g/mol. The van der Waals surface area contributed by atoms with Crippen molar-refractivity contribution in [1.82, 2.24) is 4.57 Å². The van der Waals surface area contributed by atoms with E-state index in [1.165, 1.54) is 22.9 Å². The van der Waals surface area contributed by atoms with Gasteiger partial charge in [-0.3, -0.25) is 4.79 Å². The number of pyridine rings is 1. The second-order valence-electron chi connectivity index (χ2n) is 6.09. The lowest BCUT2D eigenvalue weighted by Gasteiger charge is -2.42. The number of nitrogens with zero attached hydrogens (tertiary/aromatic N) is 2. The molecule has 0 bridgehead atoms. The van der Waals surface area contributed by atoms with Crippen LogP contribution < -0.4 is 10.3 Å². The molecule has 0 fully saturated rings. The predicted molar refractivity (Wildman–Crippen MR) is 82.4 cm³/mol. The molecule has 1 aromatic carbocycles. The summed E-state index contributed by atoms with van der Waals surface area (Å²) in [5, 5.41) is 29.5. The first-order valence-corrected chi connectivity index (χ1v) is 7.16. The van der Waals surface area contributed by atoms with Gasteiger partial charge in [0.15, 0.2) is 0 Å². The minimum absolute atomic E-state index is 0.0842. The number of fused-ring (bicyclic) bond motifs is 1. The molecule has 0 spiro atoms. The Labute approximate surface area is 132 Å². The van der Waals surface area contributed by atoms with Crippen LogP contribution in [0.4, 0.5) is 0 Å². The van der Waals surface area contributed by atoms with Crippen LogP contribution in [0.1, 0.15) is 31.0 Å². The maximum absolute atomic E-state index is 12.2. The SMILES string of the molecule is CC1(C)Oc2ccc(C#N)cc2C(n2cc(O)ccc2=O)C1O. The Balaban J connectivity index is 2.28. The number of aliphatic hydroxyl groups excluding tert-OH is 1. The molecule has 1 aromatic heterocycles. The van der Waals surface area contributed by atoms with Gasteiger partial charge in [-0.05, 0) is 38.1 Å². The van der Waals surface area contributed by atoms with Crippen molar-refractivity contribution in [2.45, 2.75) is 31.6 Å². The van der Waals surface area contributed by atoms with Crippen LogP contribution in [0.5, 0.6) is 11.5 Å². The normalized spacial score (nSPS) is 21.8. The Morgan fingerprint density at radius 1 is 1.30 bits per heavy atom. The fraction of sp³-hybridized carbons (Fsp3) is 0.294. The highest BCUT2D eigenvalue weighted by atomic mass is 16.5. The van der Waals surface area contributed by atoms with E-state index in [1.807, 2.05) is 6.07 Å². The lowest BCUT2D eigenvalue weighted by molar-refractivity contribution is -0.0643. The number of aromatic hydroxyl groups is 1. The van der Waals surface area contributed by atoms with Crippen molar-refractivity contribution in [2.24, 2.45) is 0 Å². The highest BCUT2D eigenvalue weighted by Crippen LogP contribution is 2.41. The van der Waals surface area contributed by atoms with Gasteiger partial charge in [0.2, 0.25) is 0 Å². The topological polar surface area (TPSA) is 95.5 Å². The van der Waals surface area contributed by atoms with Gasteiger partial charge in [0.25, 0.3) is 5.56 Å². The molecule has 23 heavy (non-hydrogen) atoms. The summed E-state index contributed by atoms with van der Waals surface area (Å²) in [6.07, 6.45) is 0.240. The molecule has 0 saturated heterocycles. The number of aliphatic hydroxyl groups is 1. The zero-order valence-electron chi connectivity index (χ0n) is 12.7. The Morgan fingerprint density at radius 2 is 2.04 bits per heavy atom. The zero-order chi connectivity index (χ0) is 16.8. The molecule has 1 aliphatic rings. The molecule has 6 nitrogen and oxygen atoms in total. The van der Waals surface area contributed by atoms with E-state index in [1.54, 1.807) is 32.0 Å². The van der Waals surface area contributed by atoms with Gasteiger partial charge >= 0.3 is 0 Å². The number of hydrogen-bond acceptors (Lipinski definition) is 5. The van der Waals surface area contributed by atoms with Gasteiger partial charge in [-0.1, -0.05) is 0 Å².